The average Bonchev–Trinajstić information content (AvgIpc) is 2.56. The fourth-order valence-electron chi connectivity index (χ4n) is 1.63. The van der Waals surface area contributed by atoms with Crippen molar-refractivity contribution in [2.24, 2.45) is 0 Å². The monoisotopic (exact) mass is 206 g/mol. The quantitative estimate of drug-likeness (QED) is 0.709. The van der Waals surface area contributed by atoms with Crippen LogP contribution < -0.4 is 0 Å². The van der Waals surface area contributed by atoms with Crippen LogP contribution in [0.15, 0.2) is 30.3 Å². The topological polar surface area (TPSA) is 35.5 Å². The molecule has 1 aromatic rings. The Morgan fingerprint density at radius 3 is 2.73 bits per heavy atom. The Morgan fingerprint density at radius 1 is 1.40 bits per heavy atom. The van der Waals surface area contributed by atoms with Crippen LogP contribution in [-0.4, -0.2) is 18.2 Å². The van der Waals surface area contributed by atoms with Gasteiger partial charge in [-0.3, -0.25) is 4.79 Å². The van der Waals surface area contributed by atoms with Gasteiger partial charge in [-0.25, -0.2) is 0 Å². The van der Waals surface area contributed by atoms with Crippen LogP contribution >= 0.6 is 0 Å². The van der Waals surface area contributed by atoms with Crippen LogP contribution in [0, 0.1) is 0 Å². The molecule has 3 heteroatoms. The van der Waals surface area contributed by atoms with Crippen molar-refractivity contribution >= 4 is 5.97 Å². The summed E-state index contributed by atoms with van der Waals surface area (Å²) in [4.78, 5) is 11.0. The van der Waals surface area contributed by atoms with Gasteiger partial charge in [-0.2, -0.15) is 0 Å². The summed E-state index contributed by atoms with van der Waals surface area (Å²) in [6.07, 6.45) is 0.146. The van der Waals surface area contributed by atoms with Gasteiger partial charge in [0.2, 0.25) is 0 Å². The summed E-state index contributed by atoms with van der Waals surface area (Å²) in [7, 11) is 0. The van der Waals surface area contributed by atoms with Gasteiger partial charge in [0.1, 0.15) is 12.2 Å². The number of ether oxygens (including phenoxy) is 2. The van der Waals surface area contributed by atoms with Gasteiger partial charge in [0.05, 0.1) is 13.0 Å². The highest BCUT2D eigenvalue weighted by Crippen LogP contribution is 2.19. The molecule has 1 aliphatic heterocycles. The maximum absolute atomic E-state index is 11.0. The number of hydrogen-bond donors (Lipinski definition) is 0. The zero-order valence-electron chi connectivity index (χ0n) is 8.68. The molecule has 2 atom stereocenters. The molecule has 0 amide bonds. The fourth-order valence-corrected chi connectivity index (χ4v) is 1.63. The van der Waals surface area contributed by atoms with Gasteiger partial charge in [0.15, 0.2) is 0 Å². The number of carbonyl (C=O) groups is 1. The third kappa shape index (κ3) is 2.57. The maximum atomic E-state index is 11.0. The van der Waals surface area contributed by atoms with Gasteiger partial charge in [0, 0.05) is 0 Å². The predicted molar refractivity (Wildman–Crippen MR) is 55.2 cm³/mol. The zero-order valence-corrected chi connectivity index (χ0v) is 8.68. The van der Waals surface area contributed by atoms with Crippen LogP contribution in [0.3, 0.4) is 0 Å². The molecule has 0 bridgehead atoms. The molecule has 0 aromatic heterocycles. The summed E-state index contributed by atoms with van der Waals surface area (Å²) in [5.41, 5.74) is 1.11. The van der Waals surface area contributed by atoms with Gasteiger partial charge in [0.25, 0.3) is 0 Å². The first-order valence-corrected chi connectivity index (χ1v) is 5.11. The van der Waals surface area contributed by atoms with Crippen molar-refractivity contribution < 1.29 is 14.3 Å². The van der Waals surface area contributed by atoms with Gasteiger partial charge in [-0.1, -0.05) is 30.3 Å². The number of carbonyl (C=O) groups excluding carboxylic acids is 1. The summed E-state index contributed by atoms with van der Waals surface area (Å²) in [6, 6.07) is 9.91. The van der Waals surface area contributed by atoms with Crippen LogP contribution in [0.2, 0.25) is 0 Å². The van der Waals surface area contributed by atoms with E-state index in [9.17, 15) is 4.79 Å². The number of hydrogen-bond acceptors (Lipinski definition) is 3. The summed E-state index contributed by atoms with van der Waals surface area (Å²) in [6.45, 7) is 2.40. The molecule has 2 unspecified atom stereocenters. The van der Waals surface area contributed by atoms with E-state index in [0.29, 0.717) is 13.0 Å². The molecule has 80 valence electrons. The van der Waals surface area contributed by atoms with E-state index in [1.54, 1.807) is 0 Å². The minimum absolute atomic E-state index is 0.0993. The molecule has 0 aliphatic carbocycles. The largest absolute Gasteiger partial charge is 0.460 e. The number of rotatable bonds is 3. The number of benzene rings is 1. The van der Waals surface area contributed by atoms with Gasteiger partial charge < -0.3 is 9.47 Å². The summed E-state index contributed by atoms with van der Waals surface area (Å²) >= 11 is 0. The molecule has 1 saturated heterocycles. The lowest BCUT2D eigenvalue weighted by Crippen LogP contribution is -2.20. The third-order valence-electron chi connectivity index (χ3n) is 2.52. The highest BCUT2D eigenvalue weighted by Gasteiger charge is 2.31. The Balaban J connectivity index is 1.86. The van der Waals surface area contributed by atoms with E-state index in [1.807, 2.05) is 37.3 Å². The minimum Gasteiger partial charge on any atom is -0.460 e. The summed E-state index contributed by atoms with van der Waals surface area (Å²) in [5.74, 6) is -0.166. The lowest BCUT2D eigenvalue weighted by Gasteiger charge is -2.13. The first-order chi connectivity index (χ1) is 7.25. The van der Waals surface area contributed by atoms with Crippen molar-refractivity contribution in [1.82, 2.24) is 0 Å². The number of esters is 1. The third-order valence-corrected chi connectivity index (χ3v) is 2.52. The zero-order chi connectivity index (χ0) is 10.7. The van der Waals surface area contributed by atoms with Crippen molar-refractivity contribution in [2.75, 3.05) is 0 Å². The predicted octanol–water partition coefficient (Wildman–Crippen LogP) is 1.91. The van der Waals surface area contributed by atoms with E-state index in [1.165, 1.54) is 0 Å². The molecule has 1 fully saturated rings. The number of cyclic esters (lactones) is 1. The van der Waals surface area contributed by atoms with E-state index < -0.39 is 0 Å². The minimum atomic E-state index is -0.166. The van der Waals surface area contributed by atoms with Crippen molar-refractivity contribution in [3.05, 3.63) is 35.9 Å². The van der Waals surface area contributed by atoms with E-state index >= 15 is 0 Å². The van der Waals surface area contributed by atoms with Crippen LogP contribution in [0.4, 0.5) is 0 Å². The smallest absolute Gasteiger partial charge is 0.308 e. The Kier molecular flexibility index (Phi) is 3.02. The fraction of sp³-hybridized carbons (Fsp3) is 0.417. The second-order valence-electron chi connectivity index (χ2n) is 3.73. The second kappa shape index (κ2) is 4.45. The van der Waals surface area contributed by atoms with Gasteiger partial charge in [-0.05, 0) is 12.5 Å². The van der Waals surface area contributed by atoms with E-state index in [2.05, 4.69) is 0 Å². The molecule has 1 aromatic carbocycles. The van der Waals surface area contributed by atoms with Crippen LogP contribution in [0.5, 0.6) is 0 Å². The Morgan fingerprint density at radius 2 is 2.13 bits per heavy atom. The van der Waals surface area contributed by atoms with Crippen molar-refractivity contribution in [3.63, 3.8) is 0 Å². The maximum Gasteiger partial charge on any atom is 0.308 e. The normalized spacial score (nSPS) is 25.3. The molecule has 1 heterocycles. The molecule has 1 aliphatic rings. The first-order valence-electron chi connectivity index (χ1n) is 5.11. The molecular formula is C12H14O3. The Labute approximate surface area is 89.0 Å². The molecule has 0 spiro atoms. The summed E-state index contributed by atoms with van der Waals surface area (Å²) < 4.78 is 10.6. The van der Waals surface area contributed by atoms with Gasteiger partial charge >= 0.3 is 5.97 Å². The highest BCUT2D eigenvalue weighted by molar-refractivity contribution is 5.72. The van der Waals surface area contributed by atoms with Crippen LogP contribution in [0.1, 0.15) is 18.9 Å². The average molecular weight is 206 g/mol. The summed E-state index contributed by atoms with van der Waals surface area (Å²) in [5, 5.41) is 0. The molecule has 3 nitrogen and oxygen atoms in total. The van der Waals surface area contributed by atoms with Crippen LogP contribution in [0.25, 0.3) is 0 Å². The van der Waals surface area contributed by atoms with Crippen molar-refractivity contribution in [2.45, 2.75) is 32.2 Å². The van der Waals surface area contributed by atoms with Crippen molar-refractivity contribution in [1.29, 1.82) is 0 Å². The molecule has 15 heavy (non-hydrogen) atoms. The standard InChI is InChI=1S/C12H14O3/c1-9-11(7-12(13)15-9)14-8-10-5-3-2-4-6-10/h2-6,9,11H,7-8H2,1H3. The highest BCUT2D eigenvalue weighted by atomic mass is 16.6. The van der Waals surface area contributed by atoms with E-state index in [0.717, 1.165) is 5.56 Å². The van der Waals surface area contributed by atoms with Crippen molar-refractivity contribution in [3.8, 4) is 0 Å². The Bertz CT molecular complexity index is 334. The van der Waals surface area contributed by atoms with Gasteiger partial charge in [-0.15, -0.1) is 0 Å². The molecule has 0 N–H and O–H groups in total. The van der Waals surface area contributed by atoms with E-state index in [-0.39, 0.29) is 18.2 Å². The first kappa shape index (κ1) is 10.2. The van der Waals surface area contributed by atoms with E-state index in [4.69, 9.17) is 9.47 Å². The molecular weight excluding hydrogens is 192 g/mol. The SMILES string of the molecule is CC1OC(=O)CC1OCc1ccccc1. The second-order valence-corrected chi connectivity index (χ2v) is 3.73. The lowest BCUT2D eigenvalue weighted by atomic mass is 10.2. The molecule has 0 saturated carbocycles. The van der Waals surface area contributed by atoms with Crippen LogP contribution in [-0.2, 0) is 20.9 Å². The molecule has 2 rings (SSSR count). The Hall–Kier alpha value is -1.35. The lowest BCUT2D eigenvalue weighted by molar-refractivity contribution is -0.141. The molecule has 0 radical (unpaired) electrons.